The molecule has 1 atom stereocenters. The molecule has 0 fully saturated rings. The highest BCUT2D eigenvalue weighted by Crippen LogP contribution is 2.20. The molecule has 0 nitrogen and oxygen atoms in total. The molecule has 0 bridgehead atoms. The first-order chi connectivity index (χ1) is 4.20. The van der Waals surface area contributed by atoms with Crippen LogP contribution in [-0.2, 0) is 0 Å². The SMILES string of the molecule is CC1=CC=C(C)[C@H](F)C1. The Hall–Kier alpha value is -0.590. The molecule has 1 aliphatic carbocycles. The first-order valence-electron chi connectivity index (χ1n) is 3.18. The molecule has 9 heavy (non-hydrogen) atoms. The number of alkyl halides is 1. The van der Waals surface area contributed by atoms with Gasteiger partial charge in [0.2, 0.25) is 0 Å². The lowest BCUT2D eigenvalue weighted by molar-refractivity contribution is 0.376. The zero-order valence-electron chi connectivity index (χ0n) is 5.82. The zero-order valence-corrected chi connectivity index (χ0v) is 5.82. The summed E-state index contributed by atoms with van der Waals surface area (Å²) in [6.07, 6.45) is 3.69. The molecular formula is C8H11F. The molecule has 0 N–H and O–H groups in total. The Morgan fingerprint density at radius 3 is 2.56 bits per heavy atom. The fraction of sp³-hybridized carbons (Fsp3) is 0.500. The highest BCUT2D eigenvalue weighted by Gasteiger charge is 2.11. The minimum absolute atomic E-state index is 0.586. The number of halogens is 1. The van der Waals surface area contributed by atoms with Crippen molar-refractivity contribution in [2.75, 3.05) is 0 Å². The Balaban J connectivity index is 2.74. The van der Waals surface area contributed by atoms with Crippen molar-refractivity contribution in [3.8, 4) is 0 Å². The van der Waals surface area contributed by atoms with E-state index >= 15 is 0 Å². The van der Waals surface area contributed by atoms with Gasteiger partial charge in [-0.15, -0.1) is 0 Å². The van der Waals surface area contributed by atoms with E-state index < -0.39 is 6.17 Å². The van der Waals surface area contributed by atoms with E-state index in [2.05, 4.69) is 0 Å². The predicted octanol–water partition coefficient (Wildman–Crippen LogP) is 2.62. The van der Waals surface area contributed by atoms with Gasteiger partial charge in [-0.25, -0.2) is 4.39 Å². The summed E-state index contributed by atoms with van der Waals surface area (Å²) >= 11 is 0. The van der Waals surface area contributed by atoms with Crippen LogP contribution in [0.25, 0.3) is 0 Å². The molecule has 0 heterocycles. The van der Waals surface area contributed by atoms with E-state index in [1.807, 2.05) is 26.0 Å². The maximum Gasteiger partial charge on any atom is 0.125 e. The molecule has 0 aromatic rings. The third-order valence-corrected chi connectivity index (χ3v) is 1.63. The monoisotopic (exact) mass is 126 g/mol. The van der Waals surface area contributed by atoms with Gasteiger partial charge < -0.3 is 0 Å². The van der Waals surface area contributed by atoms with Crippen LogP contribution in [0.2, 0.25) is 0 Å². The number of rotatable bonds is 0. The van der Waals surface area contributed by atoms with Crippen molar-refractivity contribution in [3.05, 3.63) is 23.3 Å². The summed E-state index contributed by atoms with van der Waals surface area (Å²) in [5.74, 6) is 0. The summed E-state index contributed by atoms with van der Waals surface area (Å²) in [6.45, 7) is 3.78. The van der Waals surface area contributed by atoms with Crippen LogP contribution >= 0.6 is 0 Å². The van der Waals surface area contributed by atoms with Gasteiger partial charge in [-0.1, -0.05) is 17.7 Å². The van der Waals surface area contributed by atoms with Gasteiger partial charge in [-0.05, 0) is 19.4 Å². The lowest BCUT2D eigenvalue weighted by atomic mass is 9.99. The first-order valence-corrected chi connectivity index (χ1v) is 3.18. The van der Waals surface area contributed by atoms with E-state index in [-0.39, 0.29) is 0 Å². The van der Waals surface area contributed by atoms with Gasteiger partial charge in [0.05, 0.1) is 0 Å². The van der Waals surface area contributed by atoms with Crippen LogP contribution < -0.4 is 0 Å². The lowest BCUT2D eigenvalue weighted by Gasteiger charge is -2.12. The van der Waals surface area contributed by atoms with E-state index in [1.54, 1.807) is 0 Å². The predicted molar refractivity (Wildman–Crippen MR) is 37.0 cm³/mol. The molecule has 1 heteroatoms. The Bertz CT molecular complexity index is 165. The highest BCUT2D eigenvalue weighted by molar-refractivity contribution is 5.24. The van der Waals surface area contributed by atoms with Crippen molar-refractivity contribution in [3.63, 3.8) is 0 Å². The molecule has 0 aromatic heterocycles. The highest BCUT2D eigenvalue weighted by atomic mass is 19.1. The van der Waals surface area contributed by atoms with Gasteiger partial charge in [0.15, 0.2) is 0 Å². The Labute approximate surface area is 55.1 Å². The summed E-state index contributed by atoms with van der Waals surface area (Å²) in [5, 5.41) is 0. The molecule has 0 radical (unpaired) electrons. The van der Waals surface area contributed by atoms with Gasteiger partial charge in [0.1, 0.15) is 6.17 Å². The number of hydrogen-bond donors (Lipinski definition) is 0. The fourth-order valence-electron chi connectivity index (χ4n) is 0.890. The fourth-order valence-corrected chi connectivity index (χ4v) is 0.890. The third kappa shape index (κ3) is 1.41. The largest absolute Gasteiger partial charge is 0.242 e. The lowest BCUT2D eigenvalue weighted by Crippen LogP contribution is -2.05. The van der Waals surface area contributed by atoms with E-state index in [0.717, 1.165) is 11.1 Å². The van der Waals surface area contributed by atoms with E-state index in [9.17, 15) is 4.39 Å². The normalized spacial score (nSPS) is 27.2. The van der Waals surface area contributed by atoms with E-state index in [0.29, 0.717) is 6.42 Å². The van der Waals surface area contributed by atoms with Crippen LogP contribution in [-0.4, -0.2) is 6.17 Å². The second-order valence-electron chi connectivity index (χ2n) is 2.60. The van der Waals surface area contributed by atoms with Crippen LogP contribution in [0, 0.1) is 0 Å². The average molecular weight is 126 g/mol. The van der Waals surface area contributed by atoms with Crippen LogP contribution in [0.15, 0.2) is 23.3 Å². The van der Waals surface area contributed by atoms with E-state index in [4.69, 9.17) is 0 Å². The number of hydrogen-bond acceptors (Lipinski definition) is 0. The van der Waals surface area contributed by atoms with Crippen molar-refractivity contribution in [1.29, 1.82) is 0 Å². The summed E-state index contributed by atoms with van der Waals surface area (Å²) < 4.78 is 12.7. The summed E-state index contributed by atoms with van der Waals surface area (Å²) in [4.78, 5) is 0. The van der Waals surface area contributed by atoms with Crippen LogP contribution in [0.5, 0.6) is 0 Å². The summed E-state index contributed by atoms with van der Waals surface area (Å²) in [7, 11) is 0. The first kappa shape index (κ1) is 6.53. The van der Waals surface area contributed by atoms with Gasteiger partial charge in [-0.2, -0.15) is 0 Å². The minimum Gasteiger partial charge on any atom is -0.242 e. The molecule has 1 aliphatic rings. The zero-order chi connectivity index (χ0) is 6.85. The quantitative estimate of drug-likeness (QED) is 0.468. The molecule has 0 aliphatic heterocycles. The Morgan fingerprint density at radius 2 is 2.11 bits per heavy atom. The van der Waals surface area contributed by atoms with Crippen molar-refractivity contribution < 1.29 is 4.39 Å². The van der Waals surface area contributed by atoms with Crippen molar-refractivity contribution in [2.45, 2.75) is 26.4 Å². The summed E-state index contributed by atoms with van der Waals surface area (Å²) in [6, 6.07) is 0. The van der Waals surface area contributed by atoms with Crippen LogP contribution in [0.4, 0.5) is 4.39 Å². The average Bonchev–Trinajstić information content (AvgIpc) is 1.80. The van der Waals surface area contributed by atoms with Crippen molar-refractivity contribution >= 4 is 0 Å². The van der Waals surface area contributed by atoms with Crippen LogP contribution in [0.3, 0.4) is 0 Å². The maximum absolute atomic E-state index is 12.7. The van der Waals surface area contributed by atoms with Crippen molar-refractivity contribution in [1.82, 2.24) is 0 Å². The second-order valence-corrected chi connectivity index (χ2v) is 2.60. The topological polar surface area (TPSA) is 0 Å². The Morgan fingerprint density at radius 1 is 1.44 bits per heavy atom. The molecule has 0 spiro atoms. The molecule has 0 aromatic carbocycles. The molecule has 0 saturated carbocycles. The molecule has 1 rings (SSSR count). The molecule has 0 unspecified atom stereocenters. The van der Waals surface area contributed by atoms with Gasteiger partial charge in [-0.3, -0.25) is 0 Å². The molecule has 0 saturated heterocycles. The summed E-state index contributed by atoms with van der Waals surface area (Å²) in [5.41, 5.74) is 1.98. The van der Waals surface area contributed by atoms with Gasteiger partial charge in [0.25, 0.3) is 0 Å². The molecular weight excluding hydrogens is 115 g/mol. The standard InChI is InChI=1S/C8H11F/c1-6-3-4-7(2)8(9)5-6/h3-4,8H,5H2,1-2H3/t8-/m1/s1. The van der Waals surface area contributed by atoms with Crippen LogP contribution in [0.1, 0.15) is 20.3 Å². The van der Waals surface area contributed by atoms with Crippen molar-refractivity contribution in [2.24, 2.45) is 0 Å². The molecule has 50 valence electrons. The van der Waals surface area contributed by atoms with Gasteiger partial charge in [0, 0.05) is 6.42 Å². The third-order valence-electron chi connectivity index (χ3n) is 1.63. The smallest absolute Gasteiger partial charge is 0.125 e. The Kier molecular flexibility index (Phi) is 1.70. The minimum atomic E-state index is -0.727. The van der Waals surface area contributed by atoms with Gasteiger partial charge >= 0.3 is 0 Å². The maximum atomic E-state index is 12.7. The van der Waals surface area contributed by atoms with E-state index in [1.165, 1.54) is 0 Å². The molecule has 0 amide bonds. The number of allylic oxidation sites excluding steroid dienone is 4. The second kappa shape index (κ2) is 2.34.